The molecule has 0 saturated carbocycles. The highest BCUT2D eigenvalue weighted by Gasteiger charge is 2.32. The SMILES string of the molecule is CCC1COC(C)CN1CC(C)(CC)CNC(C)C. The first-order valence-electron chi connectivity index (χ1n) is 7.99. The van der Waals surface area contributed by atoms with Gasteiger partial charge in [-0.3, -0.25) is 4.90 Å². The number of hydrogen-bond donors (Lipinski definition) is 1. The Balaban J connectivity index is 2.60. The first-order chi connectivity index (χ1) is 8.90. The molecule has 1 aliphatic rings. The van der Waals surface area contributed by atoms with E-state index in [9.17, 15) is 0 Å². The summed E-state index contributed by atoms with van der Waals surface area (Å²) in [4.78, 5) is 2.65. The third-order valence-electron chi connectivity index (χ3n) is 4.43. The van der Waals surface area contributed by atoms with Crippen molar-refractivity contribution in [2.45, 2.75) is 72.6 Å². The predicted octanol–water partition coefficient (Wildman–Crippen LogP) is 2.90. The van der Waals surface area contributed by atoms with Crippen LogP contribution in [0, 0.1) is 5.41 Å². The van der Waals surface area contributed by atoms with Crippen molar-refractivity contribution in [1.29, 1.82) is 0 Å². The van der Waals surface area contributed by atoms with E-state index in [0.717, 1.165) is 19.7 Å². The quantitative estimate of drug-likeness (QED) is 0.770. The Hall–Kier alpha value is -0.120. The van der Waals surface area contributed by atoms with Gasteiger partial charge in [0.1, 0.15) is 0 Å². The minimum Gasteiger partial charge on any atom is -0.376 e. The van der Waals surface area contributed by atoms with Gasteiger partial charge in [-0.1, -0.05) is 34.6 Å². The van der Waals surface area contributed by atoms with Gasteiger partial charge < -0.3 is 10.1 Å². The van der Waals surface area contributed by atoms with Crippen LogP contribution in [0.3, 0.4) is 0 Å². The van der Waals surface area contributed by atoms with E-state index in [4.69, 9.17) is 4.74 Å². The molecule has 0 aromatic carbocycles. The molecule has 19 heavy (non-hydrogen) atoms. The van der Waals surface area contributed by atoms with Crippen molar-refractivity contribution in [2.24, 2.45) is 5.41 Å². The van der Waals surface area contributed by atoms with Crippen LogP contribution in [0.4, 0.5) is 0 Å². The van der Waals surface area contributed by atoms with E-state index in [2.05, 4.69) is 51.8 Å². The van der Waals surface area contributed by atoms with E-state index in [0.29, 0.717) is 23.6 Å². The number of ether oxygens (including phenoxy) is 1. The van der Waals surface area contributed by atoms with Crippen LogP contribution in [0.5, 0.6) is 0 Å². The molecule has 1 aliphatic heterocycles. The highest BCUT2D eigenvalue weighted by molar-refractivity contribution is 4.86. The zero-order chi connectivity index (χ0) is 14.5. The normalized spacial score (nSPS) is 28.6. The van der Waals surface area contributed by atoms with Crippen LogP contribution in [-0.2, 0) is 4.74 Å². The summed E-state index contributed by atoms with van der Waals surface area (Å²) in [7, 11) is 0. The van der Waals surface area contributed by atoms with Crippen molar-refractivity contribution < 1.29 is 4.74 Å². The van der Waals surface area contributed by atoms with E-state index >= 15 is 0 Å². The molecule has 1 saturated heterocycles. The molecule has 0 aromatic heterocycles. The minimum absolute atomic E-state index is 0.356. The van der Waals surface area contributed by atoms with E-state index in [1.165, 1.54) is 19.4 Å². The van der Waals surface area contributed by atoms with Crippen LogP contribution >= 0.6 is 0 Å². The summed E-state index contributed by atoms with van der Waals surface area (Å²) in [5.74, 6) is 0. The molecule has 0 radical (unpaired) electrons. The standard InChI is InChI=1S/C16H34N2O/c1-7-15-10-19-14(5)9-18(15)12-16(6,8-2)11-17-13(3)4/h13-15,17H,7-12H2,1-6H3. The van der Waals surface area contributed by atoms with Gasteiger partial charge in [0.05, 0.1) is 12.7 Å². The average Bonchev–Trinajstić information content (AvgIpc) is 2.37. The maximum atomic E-state index is 5.80. The molecule has 0 aliphatic carbocycles. The molecule has 0 aromatic rings. The van der Waals surface area contributed by atoms with E-state index in [-0.39, 0.29) is 0 Å². The van der Waals surface area contributed by atoms with Gasteiger partial charge in [0.2, 0.25) is 0 Å². The maximum Gasteiger partial charge on any atom is 0.0674 e. The monoisotopic (exact) mass is 270 g/mol. The lowest BCUT2D eigenvalue weighted by atomic mass is 9.85. The Labute approximate surface area is 120 Å². The molecule has 0 bridgehead atoms. The van der Waals surface area contributed by atoms with Crippen LogP contribution in [0.15, 0.2) is 0 Å². The largest absolute Gasteiger partial charge is 0.376 e. The van der Waals surface area contributed by atoms with Gasteiger partial charge in [0.25, 0.3) is 0 Å². The lowest BCUT2D eigenvalue weighted by Crippen LogP contribution is -2.53. The second-order valence-corrected chi connectivity index (χ2v) is 6.84. The van der Waals surface area contributed by atoms with Gasteiger partial charge >= 0.3 is 0 Å². The Kier molecular flexibility index (Phi) is 6.78. The van der Waals surface area contributed by atoms with Crippen molar-refractivity contribution in [1.82, 2.24) is 10.2 Å². The predicted molar refractivity (Wildman–Crippen MR) is 82.6 cm³/mol. The molecule has 1 rings (SSSR count). The van der Waals surface area contributed by atoms with Gasteiger partial charge in [0, 0.05) is 31.7 Å². The highest BCUT2D eigenvalue weighted by atomic mass is 16.5. The van der Waals surface area contributed by atoms with Gasteiger partial charge in [-0.25, -0.2) is 0 Å². The topological polar surface area (TPSA) is 24.5 Å². The Morgan fingerprint density at radius 1 is 1.37 bits per heavy atom. The minimum atomic E-state index is 0.356. The molecule has 3 unspecified atom stereocenters. The molecule has 3 nitrogen and oxygen atoms in total. The molecular weight excluding hydrogens is 236 g/mol. The van der Waals surface area contributed by atoms with Crippen LogP contribution in [0.1, 0.15) is 54.4 Å². The Morgan fingerprint density at radius 3 is 2.58 bits per heavy atom. The number of nitrogens with zero attached hydrogens (tertiary/aromatic N) is 1. The van der Waals surface area contributed by atoms with Crippen LogP contribution in [0.25, 0.3) is 0 Å². The second-order valence-electron chi connectivity index (χ2n) is 6.84. The molecule has 1 heterocycles. The van der Waals surface area contributed by atoms with Crippen molar-refractivity contribution >= 4 is 0 Å². The first kappa shape index (κ1) is 16.9. The number of nitrogens with one attached hydrogen (secondary N) is 1. The summed E-state index contributed by atoms with van der Waals surface area (Å²) in [6, 6.07) is 1.16. The van der Waals surface area contributed by atoms with Crippen molar-refractivity contribution in [3.63, 3.8) is 0 Å². The molecule has 3 atom stereocenters. The van der Waals surface area contributed by atoms with E-state index in [1.807, 2.05) is 0 Å². The average molecular weight is 270 g/mol. The fourth-order valence-electron chi connectivity index (χ4n) is 2.72. The van der Waals surface area contributed by atoms with Gasteiger partial charge in [-0.05, 0) is 25.2 Å². The lowest BCUT2D eigenvalue weighted by molar-refractivity contribution is -0.0682. The smallest absolute Gasteiger partial charge is 0.0674 e. The van der Waals surface area contributed by atoms with E-state index < -0.39 is 0 Å². The molecule has 1 N–H and O–H groups in total. The first-order valence-corrected chi connectivity index (χ1v) is 7.99. The zero-order valence-electron chi connectivity index (χ0n) is 13.8. The fourth-order valence-corrected chi connectivity index (χ4v) is 2.72. The maximum absolute atomic E-state index is 5.80. The highest BCUT2D eigenvalue weighted by Crippen LogP contribution is 2.25. The summed E-state index contributed by atoms with van der Waals surface area (Å²) in [6.07, 6.45) is 2.78. The van der Waals surface area contributed by atoms with Crippen LogP contribution in [-0.4, -0.2) is 49.3 Å². The second kappa shape index (κ2) is 7.61. The molecular formula is C16H34N2O. The number of rotatable bonds is 7. The Bertz CT molecular complexity index is 257. The van der Waals surface area contributed by atoms with Gasteiger partial charge in [-0.2, -0.15) is 0 Å². The molecule has 0 amide bonds. The zero-order valence-corrected chi connectivity index (χ0v) is 13.8. The van der Waals surface area contributed by atoms with Gasteiger partial charge in [-0.15, -0.1) is 0 Å². The lowest BCUT2D eigenvalue weighted by Gasteiger charge is -2.43. The Morgan fingerprint density at radius 2 is 2.05 bits per heavy atom. The molecule has 0 spiro atoms. The van der Waals surface area contributed by atoms with Crippen LogP contribution in [0.2, 0.25) is 0 Å². The van der Waals surface area contributed by atoms with Crippen molar-refractivity contribution in [3.8, 4) is 0 Å². The summed E-state index contributed by atoms with van der Waals surface area (Å²) in [5.41, 5.74) is 0.356. The van der Waals surface area contributed by atoms with Crippen LogP contribution < -0.4 is 5.32 Å². The third kappa shape index (κ3) is 5.41. The van der Waals surface area contributed by atoms with E-state index in [1.54, 1.807) is 0 Å². The van der Waals surface area contributed by atoms with Crippen molar-refractivity contribution in [3.05, 3.63) is 0 Å². The summed E-state index contributed by atoms with van der Waals surface area (Å²) >= 11 is 0. The number of hydrogen-bond acceptors (Lipinski definition) is 3. The molecule has 1 fully saturated rings. The summed E-state index contributed by atoms with van der Waals surface area (Å²) < 4.78 is 5.80. The third-order valence-corrected chi connectivity index (χ3v) is 4.43. The molecule has 3 heteroatoms. The van der Waals surface area contributed by atoms with Gasteiger partial charge in [0.15, 0.2) is 0 Å². The van der Waals surface area contributed by atoms with Crippen molar-refractivity contribution in [2.75, 3.05) is 26.2 Å². The fraction of sp³-hybridized carbons (Fsp3) is 1.00. The summed E-state index contributed by atoms with van der Waals surface area (Å²) in [5, 5.41) is 3.61. The summed E-state index contributed by atoms with van der Waals surface area (Å²) in [6.45, 7) is 17.9. The number of morpholine rings is 1. The molecule has 114 valence electrons.